The zero-order valence-electron chi connectivity index (χ0n) is 9.02. The second-order valence-corrected chi connectivity index (χ2v) is 5.93. The van der Waals surface area contributed by atoms with Gasteiger partial charge < -0.3 is 10.1 Å². The second-order valence-electron chi connectivity index (χ2n) is 3.71. The topological polar surface area (TPSA) is 72.5 Å². The van der Waals surface area contributed by atoms with E-state index in [1.807, 2.05) is 6.92 Å². The average Bonchev–Trinajstić information content (AvgIpc) is 2.46. The van der Waals surface area contributed by atoms with Gasteiger partial charge in [-0.2, -0.15) is 0 Å². The number of ether oxygens (including phenoxy) is 1. The molecule has 0 aliphatic carbocycles. The molecule has 0 aromatic heterocycles. The van der Waals surface area contributed by atoms with Crippen LogP contribution in [0.25, 0.3) is 0 Å². The summed E-state index contributed by atoms with van der Waals surface area (Å²) >= 11 is 0. The summed E-state index contributed by atoms with van der Waals surface area (Å²) in [6.45, 7) is 3.93. The van der Waals surface area contributed by atoms with Gasteiger partial charge >= 0.3 is 0 Å². The Morgan fingerprint density at radius 3 is 2.73 bits per heavy atom. The lowest BCUT2D eigenvalue weighted by Crippen LogP contribution is -2.41. The molecule has 1 saturated heterocycles. The highest BCUT2D eigenvalue weighted by molar-refractivity contribution is 7.91. The molecule has 0 radical (unpaired) electrons. The van der Waals surface area contributed by atoms with Gasteiger partial charge in [0.15, 0.2) is 9.84 Å². The second kappa shape index (κ2) is 4.94. The van der Waals surface area contributed by atoms with Crippen molar-refractivity contribution in [1.82, 2.24) is 5.32 Å². The number of carbonyl (C=O) groups is 1. The van der Waals surface area contributed by atoms with Gasteiger partial charge in [0, 0.05) is 12.6 Å². The van der Waals surface area contributed by atoms with Crippen molar-refractivity contribution in [1.29, 1.82) is 0 Å². The summed E-state index contributed by atoms with van der Waals surface area (Å²) in [5, 5.41) is 2.68. The first-order valence-corrected chi connectivity index (χ1v) is 6.89. The molecule has 1 rings (SSSR count). The molecule has 1 heterocycles. The first kappa shape index (κ1) is 12.4. The van der Waals surface area contributed by atoms with Crippen LogP contribution < -0.4 is 5.32 Å². The van der Waals surface area contributed by atoms with E-state index in [-0.39, 0.29) is 23.5 Å². The van der Waals surface area contributed by atoms with Crippen LogP contribution in [-0.4, -0.2) is 44.6 Å². The average molecular weight is 235 g/mol. The Kier molecular flexibility index (Phi) is 4.10. The lowest BCUT2D eigenvalue weighted by Gasteiger charge is -2.15. The summed E-state index contributed by atoms with van der Waals surface area (Å²) in [7, 11) is -2.93. The van der Waals surface area contributed by atoms with Gasteiger partial charge in [-0.3, -0.25) is 4.79 Å². The third-order valence-electron chi connectivity index (χ3n) is 2.36. The number of hydrogen-bond acceptors (Lipinski definition) is 4. The van der Waals surface area contributed by atoms with Crippen molar-refractivity contribution in [3.05, 3.63) is 0 Å². The van der Waals surface area contributed by atoms with Gasteiger partial charge in [0.1, 0.15) is 6.10 Å². The first-order valence-electron chi connectivity index (χ1n) is 5.07. The normalized spacial score (nSPS) is 26.1. The maximum Gasteiger partial charge on any atom is 0.249 e. The highest BCUT2D eigenvalue weighted by Crippen LogP contribution is 2.11. The number of hydrogen-bond donors (Lipinski definition) is 1. The molecule has 0 aromatic carbocycles. The molecule has 1 aliphatic rings. The van der Waals surface area contributed by atoms with Crippen molar-refractivity contribution in [2.45, 2.75) is 32.4 Å². The largest absolute Gasteiger partial charge is 0.369 e. The Labute approximate surface area is 90.1 Å². The van der Waals surface area contributed by atoms with Crippen LogP contribution in [0.15, 0.2) is 0 Å². The molecule has 0 aromatic rings. The van der Waals surface area contributed by atoms with Gasteiger partial charge in [-0.25, -0.2) is 8.42 Å². The van der Waals surface area contributed by atoms with Gasteiger partial charge in [-0.15, -0.1) is 0 Å². The Morgan fingerprint density at radius 2 is 2.27 bits per heavy atom. The predicted octanol–water partition coefficient (Wildman–Crippen LogP) is -0.285. The van der Waals surface area contributed by atoms with Crippen molar-refractivity contribution in [2.75, 3.05) is 18.1 Å². The molecule has 2 atom stereocenters. The van der Waals surface area contributed by atoms with E-state index in [0.29, 0.717) is 13.0 Å². The van der Waals surface area contributed by atoms with Crippen LogP contribution in [0.2, 0.25) is 0 Å². The Hall–Kier alpha value is -0.620. The number of sulfone groups is 1. The van der Waals surface area contributed by atoms with E-state index in [4.69, 9.17) is 4.74 Å². The van der Waals surface area contributed by atoms with Crippen molar-refractivity contribution in [3.63, 3.8) is 0 Å². The molecule has 0 spiro atoms. The monoisotopic (exact) mass is 235 g/mol. The van der Waals surface area contributed by atoms with Crippen LogP contribution in [-0.2, 0) is 19.4 Å². The van der Waals surface area contributed by atoms with Crippen LogP contribution in [0.3, 0.4) is 0 Å². The summed E-state index contributed by atoms with van der Waals surface area (Å²) in [6.07, 6.45) is -0.00860. The Balaban J connectivity index is 2.40. The third-order valence-corrected chi connectivity index (χ3v) is 4.13. The summed E-state index contributed by atoms with van der Waals surface area (Å²) in [4.78, 5) is 11.5. The lowest BCUT2D eigenvalue weighted by atomic mass is 10.2. The minimum absolute atomic E-state index is 0.0532. The summed E-state index contributed by atoms with van der Waals surface area (Å²) < 4.78 is 27.4. The fraction of sp³-hybridized carbons (Fsp3) is 0.889. The molecule has 88 valence electrons. The SMILES string of the molecule is CCO[C@@H](C)C(=O)N[C@H]1CCS(=O)(=O)C1. The summed E-state index contributed by atoms with van der Waals surface area (Å²) in [5.41, 5.74) is 0. The highest BCUT2D eigenvalue weighted by atomic mass is 32.2. The molecule has 1 amide bonds. The van der Waals surface area contributed by atoms with Crippen molar-refractivity contribution < 1.29 is 17.9 Å². The third kappa shape index (κ3) is 3.79. The number of carbonyl (C=O) groups excluding carboxylic acids is 1. The van der Waals surface area contributed by atoms with Crippen molar-refractivity contribution in [3.8, 4) is 0 Å². The van der Waals surface area contributed by atoms with Gasteiger partial charge in [-0.05, 0) is 20.3 Å². The fourth-order valence-corrected chi connectivity index (χ4v) is 3.23. The highest BCUT2D eigenvalue weighted by Gasteiger charge is 2.29. The van der Waals surface area contributed by atoms with Crippen LogP contribution in [0, 0.1) is 0 Å². The van der Waals surface area contributed by atoms with E-state index in [2.05, 4.69) is 5.32 Å². The van der Waals surface area contributed by atoms with E-state index in [0.717, 1.165) is 0 Å². The van der Waals surface area contributed by atoms with Crippen LogP contribution in [0.1, 0.15) is 20.3 Å². The molecule has 1 aliphatic heterocycles. The van der Waals surface area contributed by atoms with Crippen molar-refractivity contribution in [2.24, 2.45) is 0 Å². The van der Waals surface area contributed by atoms with E-state index in [9.17, 15) is 13.2 Å². The van der Waals surface area contributed by atoms with Gasteiger partial charge in [0.2, 0.25) is 5.91 Å². The Morgan fingerprint density at radius 1 is 1.60 bits per heavy atom. The van der Waals surface area contributed by atoms with Gasteiger partial charge in [-0.1, -0.05) is 0 Å². The molecule has 0 bridgehead atoms. The lowest BCUT2D eigenvalue weighted by molar-refractivity contribution is -0.132. The number of nitrogens with one attached hydrogen (secondary N) is 1. The molecular formula is C9H17NO4S. The maximum absolute atomic E-state index is 11.5. The fourth-order valence-electron chi connectivity index (χ4n) is 1.55. The predicted molar refractivity (Wildman–Crippen MR) is 56.3 cm³/mol. The molecule has 15 heavy (non-hydrogen) atoms. The molecule has 0 saturated carbocycles. The van der Waals surface area contributed by atoms with Crippen LogP contribution >= 0.6 is 0 Å². The summed E-state index contributed by atoms with van der Waals surface area (Å²) in [6, 6.07) is -0.245. The van der Waals surface area contributed by atoms with Crippen molar-refractivity contribution >= 4 is 15.7 Å². The van der Waals surface area contributed by atoms with E-state index >= 15 is 0 Å². The molecule has 1 N–H and O–H groups in total. The standard InChI is InChI=1S/C9H17NO4S/c1-3-14-7(2)9(11)10-8-4-5-15(12,13)6-8/h7-8H,3-6H2,1-2H3,(H,10,11)/t7-,8-/m0/s1. The zero-order valence-corrected chi connectivity index (χ0v) is 9.84. The van der Waals surface area contributed by atoms with Crippen LogP contribution in [0.5, 0.6) is 0 Å². The van der Waals surface area contributed by atoms with E-state index < -0.39 is 15.9 Å². The number of rotatable bonds is 4. The maximum atomic E-state index is 11.5. The van der Waals surface area contributed by atoms with Gasteiger partial charge in [0.25, 0.3) is 0 Å². The van der Waals surface area contributed by atoms with Crippen LogP contribution in [0.4, 0.5) is 0 Å². The quantitative estimate of drug-likeness (QED) is 0.727. The molecule has 5 nitrogen and oxygen atoms in total. The molecule has 6 heteroatoms. The Bertz CT molecular complexity index is 325. The number of amides is 1. The first-order chi connectivity index (χ1) is 6.94. The minimum atomic E-state index is -2.93. The molecule has 0 unspecified atom stereocenters. The zero-order chi connectivity index (χ0) is 11.5. The van der Waals surface area contributed by atoms with E-state index in [1.54, 1.807) is 6.92 Å². The molecular weight excluding hydrogens is 218 g/mol. The van der Waals surface area contributed by atoms with E-state index in [1.165, 1.54) is 0 Å². The minimum Gasteiger partial charge on any atom is -0.369 e. The smallest absolute Gasteiger partial charge is 0.249 e. The summed E-state index contributed by atoms with van der Waals surface area (Å²) in [5.74, 6) is -0.0163. The molecule has 1 fully saturated rings. The van der Waals surface area contributed by atoms with Gasteiger partial charge in [0.05, 0.1) is 11.5 Å².